The van der Waals surface area contributed by atoms with E-state index in [9.17, 15) is 9.59 Å². The van der Waals surface area contributed by atoms with Crippen molar-refractivity contribution in [1.82, 2.24) is 19.8 Å². The van der Waals surface area contributed by atoms with Gasteiger partial charge in [0.15, 0.2) is 6.61 Å². The minimum atomic E-state index is -0.154. The lowest BCUT2D eigenvalue weighted by atomic mass is 10.1. The van der Waals surface area contributed by atoms with Crippen molar-refractivity contribution >= 4 is 29.1 Å². The number of hydrogen-bond donors (Lipinski definition) is 1. The SMILES string of the molecule is Cc1ccc(C)c(N2CCN(Cc3cc(=O)[nH]c(N4CCN(C(=O)COc5ccc(Cl)cc5)CC4)n3)CC2)c1. The predicted molar refractivity (Wildman–Crippen MR) is 154 cm³/mol. The summed E-state index contributed by atoms with van der Waals surface area (Å²) in [6, 6.07) is 15.1. The van der Waals surface area contributed by atoms with E-state index >= 15 is 0 Å². The van der Waals surface area contributed by atoms with Crippen LogP contribution in [0.2, 0.25) is 5.02 Å². The molecule has 1 aromatic heterocycles. The number of anilines is 2. The topological polar surface area (TPSA) is 85.0 Å². The molecule has 0 aliphatic carbocycles. The van der Waals surface area contributed by atoms with Crippen LogP contribution in [0.3, 0.4) is 0 Å². The molecule has 1 N–H and O–H groups in total. The molecule has 2 aromatic carbocycles. The summed E-state index contributed by atoms with van der Waals surface area (Å²) in [5.74, 6) is 1.10. The van der Waals surface area contributed by atoms with Crippen LogP contribution in [-0.2, 0) is 11.3 Å². The molecule has 3 aromatic rings. The van der Waals surface area contributed by atoms with Crippen LogP contribution in [0.5, 0.6) is 5.75 Å². The molecule has 0 bridgehead atoms. The third-order valence-electron chi connectivity index (χ3n) is 7.35. The van der Waals surface area contributed by atoms with E-state index in [1.807, 2.05) is 4.90 Å². The number of aryl methyl sites for hydroxylation is 2. The van der Waals surface area contributed by atoms with E-state index < -0.39 is 0 Å². The molecule has 2 aliphatic heterocycles. The summed E-state index contributed by atoms with van der Waals surface area (Å²) in [5, 5.41) is 0.622. The maximum absolute atomic E-state index is 12.6. The zero-order valence-corrected chi connectivity index (χ0v) is 23.3. The van der Waals surface area contributed by atoms with E-state index in [1.165, 1.54) is 16.8 Å². The number of H-pyrrole nitrogens is 1. The maximum atomic E-state index is 12.6. The Hall–Kier alpha value is -3.56. The smallest absolute Gasteiger partial charge is 0.260 e. The number of amides is 1. The molecule has 206 valence electrons. The Bertz CT molecular complexity index is 1350. The Morgan fingerprint density at radius 3 is 2.33 bits per heavy atom. The lowest BCUT2D eigenvalue weighted by Gasteiger charge is -2.37. The third kappa shape index (κ3) is 6.91. The molecule has 0 radical (unpaired) electrons. The molecule has 2 saturated heterocycles. The maximum Gasteiger partial charge on any atom is 0.260 e. The molecule has 9 nitrogen and oxygen atoms in total. The Morgan fingerprint density at radius 1 is 0.923 bits per heavy atom. The summed E-state index contributed by atoms with van der Waals surface area (Å²) in [5.41, 5.74) is 4.49. The average molecular weight is 551 g/mol. The number of ether oxygens (including phenoxy) is 1. The molecule has 1 amide bonds. The first-order valence-electron chi connectivity index (χ1n) is 13.4. The second-order valence-corrected chi connectivity index (χ2v) is 10.7. The van der Waals surface area contributed by atoms with Crippen LogP contribution in [-0.4, -0.2) is 84.6 Å². The Kier molecular flexibility index (Phi) is 8.38. The van der Waals surface area contributed by atoms with E-state index in [2.05, 4.69) is 46.8 Å². The number of carbonyl (C=O) groups is 1. The number of aromatic amines is 1. The number of benzene rings is 2. The number of rotatable bonds is 7. The number of hydrogen-bond acceptors (Lipinski definition) is 7. The standard InChI is InChI=1S/C29H35ClN6O3/c1-21-3-4-22(2)26(17-21)34-11-9-33(10-12-34)19-24-18-27(37)32-29(31-24)36-15-13-35(14-16-36)28(38)20-39-25-7-5-23(30)6-8-25/h3-8,17-18H,9-16,19-20H2,1-2H3,(H,31,32,37). The van der Waals surface area contributed by atoms with Gasteiger partial charge < -0.3 is 19.4 Å². The van der Waals surface area contributed by atoms with Crippen molar-refractivity contribution in [3.8, 4) is 5.75 Å². The van der Waals surface area contributed by atoms with Gasteiger partial charge in [0.1, 0.15) is 5.75 Å². The Morgan fingerprint density at radius 2 is 1.62 bits per heavy atom. The fraction of sp³-hybridized carbons (Fsp3) is 0.414. The summed E-state index contributed by atoms with van der Waals surface area (Å²) < 4.78 is 5.60. The highest BCUT2D eigenvalue weighted by Gasteiger charge is 2.24. The van der Waals surface area contributed by atoms with Crippen molar-refractivity contribution in [3.05, 3.63) is 80.7 Å². The number of nitrogens with one attached hydrogen (secondary N) is 1. The molecule has 0 atom stereocenters. The summed E-state index contributed by atoms with van der Waals surface area (Å²) in [6.45, 7) is 10.9. The summed E-state index contributed by atoms with van der Waals surface area (Å²) in [7, 11) is 0. The molecule has 0 spiro atoms. The van der Waals surface area contributed by atoms with E-state index in [0.717, 1.165) is 31.9 Å². The van der Waals surface area contributed by atoms with Crippen LogP contribution < -0.4 is 20.1 Å². The highest BCUT2D eigenvalue weighted by atomic mass is 35.5. The molecule has 10 heteroatoms. The van der Waals surface area contributed by atoms with Crippen LogP contribution in [0.1, 0.15) is 16.8 Å². The lowest BCUT2D eigenvalue weighted by molar-refractivity contribution is -0.133. The van der Waals surface area contributed by atoms with Gasteiger partial charge in [0.05, 0.1) is 5.69 Å². The Balaban J connectivity index is 1.12. The van der Waals surface area contributed by atoms with Crippen molar-refractivity contribution in [3.63, 3.8) is 0 Å². The van der Waals surface area contributed by atoms with Crippen LogP contribution in [0.15, 0.2) is 53.3 Å². The molecule has 39 heavy (non-hydrogen) atoms. The zero-order chi connectivity index (χ0) is 27.4. The fourth-order valence-electron chi connectivity index (χ4n) is 5.10. The van der Waals surface area contributed by atoms with Crippen LogP contribution in [0.25, 0.3) is 0 Å². The fourth-order valence-corrected chi connectivity index (χ4v) is 5.22. The lowest BCUT2D eigenvalue weighted by Crippen LogP contribution is -2.50. The van der Waals surface area contributed by atoms with Gasteiger partial charge in [-0.25, -0.2) is 4.98 Å². The largest absolute Gasteiger partial charge is 0.484 e. The minimum absolute atomic E-state index is 0.0249. The average Bonchev–Trinajstić information content (AvgIpc) is 2.94. The van der Waals surface area contributed by atoms with Gasteiger partial charge in [0, 0.05) is 75.7 Å². The molecular weight excluding hydrogens is 516 g/mol. The van der Waals surface area contributed by atoms with Crippen molar-refractivity contribution < 1.29 is 9.53 Å². The van der Waals surface area contributed by atoms with Crippen molar-refractivity contribution in [1.29, 1.82) is 0 Å². The van der Waals surface area contributed by atoms with Gasteiger partial charge >= 0.3 is 0 Å². The molecular formula is C29H35ClN6O3. The highest BCUT2D eigenvalue weighted by molar-refractivity contribution is 6.30. The van der Waals surface area contributed by atoms with Gasteiger partial charge in [-0.1, -0.05) is 23.7 Å². The van der Waals surface area contributed by atoms with E-state index in [-0.39, 0.29) is 18.1 Å². The number of nitrogens with zero attached hydrogens (tertiary/aromatic N) is 5. The van der Waals surface area contributed by atoms with Crippen LogP contribution in [0.4, 0.5) is 11.6 Å². The molecule has 5 rings (SSSR count). The molecule has 0 saturated carbocycles. The first-order chi connectivity index (χ1) is 18.8. The number of carbonyl (C=O) groups excluding carboxylic acids is 1. The summed E-state index contributed by atoms with van der Waals surface area (Å²) >= 11 is 5.90. The first-order valence-corrected chi connectivity index (χ1v) is 13.8. The van der Waals surface area contributed by atoms with E-state index in [4.69, 9.17) is 21.3 Å². The molecule has 3 heterocycles. The number of piperazine rings is 2. The second kappa shape index (κ2) is 12.1. The van der Waals surface area contributed by atoms with Crippen molar-refractivity contribution in [2.75, 3.05) is 68.8 Å². The van der Waals surface area contributed by atoms with Gasteiger partial charge in [0.2, 0.25) is 5.95 Å². The van der Waals surface area contributed by atoms with Gasteiger partial charge in [0.25, 0.3) is 11.5 Å². The summed E-state index contributed by atoms with van der Waals surface area (Å²) in [6.07, 6.45) is 0. The highest BCUT2D eigenvalue weighted by Crippen LogP contribution is 2.23. The van der Waals surface area contributed by atoms with Gasteiger partial charge in [-0.05, 0) is 55.3 Å². The van der Waals surface area contributed by atoms with Gasteiger partial charge in [-0.3, -0.25) is 19.5 Å². The predicted octanol–water partition coefficient (Wildman–Crippen LogP) is 3.09. The molecule has 0 unspecified atom stereocenters. The quantitative estimate of drug-likeness (QED) is 0.484. The van der Waals surface area contributed by atoms with Crippen molar-refractivity contribution in [2.24, 2.45) is 0 Å². The first kappa shape index (κ1) is 27.0. The molecule has 2 aliphatic rings. The number of halogens is 1. The zero-order valence-electron chi connectivity index (χ0n) is 22.5. The number of aromatic nitrogens is 2. The monoisotopic (exact) mass is 550 g/mol. The van der Waals surface area contributed by atoms with Crippen LogP contribution >= 0.6 is 11.6 Å². The molecule has 2 fully saturated rings. The van der Waals surface area contributed by atoms with Crippen molar-refractivity contribution in [2.45, 2.75) is 20.4 Å². The van der Waals surface area contributed by atoms with E-state index in [0.29, 0.717) is 49.4 Å². The van der Waals surface area contributed by atoms with Gasteiger partial charge in [-0.15, -0.1) is 0 Å². The van der Waals surface area contributed by atoms with Gasteiger partial charge in [-0.2, -0.15) is 0 Å². The minimum Gasteiger partial charge on any atom is -0.484 e. The third-order valence-corrected chi connectivity index (χ3v) is 7.61. The van der Waals surface area contributed by atoms with E-state index in [1.54, 1.807) is 35.2 Å². The second-order valence-electron chi connectivity index (χ2n) is 10.2. The summed E-state index contributed by atoms with van der Waals surface area (Å²) in [4.78, 5) is 41.4. The van der Waals surface area contributed by atoms with Crippen LogP contribution in [0, 0.1) is 13.8 Å². The normalized spacial score (nSPS) is 16.4. The Labute approximate surface area is 233 Å².